The summed E-state index contributed by atoms with van der Waals surface area (Å²) in [5.74, 6) is -0.800. The number of hydrogen-bond acceptors (Lipinski definition) is 4. The van der Waals surface area contributed by atoms with Crippen molar-refractivity contribution in [3.05, 3.63) is 18.2 Å². The second-order valence-corrected chi connectivity index (χ2v) is 2.66. The monoisotopic (exact) mass is 210 g/mol. The van der Waals surface area contributed by atoms with E-state index in [-0.39, 0.29) is 23.1 Å². The lowest BCUT2D eigenvalue weighted by Crippen LogP contribution is -2.39. The molecule has 7 heteroatoms. The summed E-state index contributed by atoms with van der Waals surface area (Å²) in [4.78, 5) is 14.1. The maximum absolute atomic E-state index is 10.4. The van der Waals surface area contributed by atoms with Gasteiger partial charge in [0, 0.05) is 6.07 Å². The first-order valence-electron chi connectivity index (χ1n) is 3.91. The van der Waals surface area contributed by atoms with Gasteiger partial charge in [-0.25, -0.2) is 9.79 Å². The highest BCUT2D eigenvalue weighted by molar-refractivity contribution is 5.95. The molecule has 0 aliphatic heterocycles. The van der Waals surface area contributed by atoms with Crippen LogP contribution in [0.25, 0.3) is 0 Å². The molecule has 0 heterocycles. The fraction of sp³-hybridized carbons (Fsp3) is 0. The molecule has 0 saturated heterocycles. The minimum atomic E-state index is -0.834. The molecule has 0 aromatic heterocycles. The van der Waals surface area contributed by atoms with E-state index in [4.69, 9.17) is 21.7 Å². The van der Waals surface area contributed by atoms with Crippen LogP contribution >= 0.6 is 0 Å². The number of phenolic OH excluding ortho intramolecular Hbond substituents is 2. The lowest BCUT2D eigenvalue weighted by atomic mass is 10.3. The molecule has 0 fully saturated rings. The van der Waals surface area contributed by atoms with Gasteiger partial charge in [-0.05, 0) is 12.1 Å². The zero-order chi connectivity index (χ0) is 11.4. The van der Waals surface area contributed by atoms with Gasteiger partial charge in [-0.1, -0.05) is 0 Å². The molecule has 0 bridgehead atoms. The molecule has 15 heavy (non-hydrogen) atoms. The minimum Gasteiger partial charge on any atom is -0.504 e. The average Bonchev–Trinajstić information content (AvgIpc) is 2.10. The second kappa shape index (κ2) is 4.18. The highest BCUT2D eigenvalue weighted by atomic mass is 16.3. The highest BCUT2D eigenvalue weighted by Gasteiger charge is 2.01. The van der Waals surface area contributed by atoms with E-state index in [0.717, 1.165) is 0 Å². The van der Waals surface area contributed by atoms with Crippen LogP contribution in [0.4, 0.5) is 10.5 Å². The molecule has 1 rings (SSSR count). The molecule has 0 atom stereocenters. The summed E-state index contributed by atoms with van der Waals surface area (Å²) >= 11 is 0. The predicted octanol–water partition coefficient (Wildman–Crippen LogP) is -0.288. The first kappa shape index (κ1) is 10.6. The summed E-state index contributed by atoms with van der Waals surface area (Å²) in [6.07, 6.45) is 0. The summed E-state index contributed by atoms with van der Waals surface area (Å²) in [5, 5.41) is 20.2. The normalized spacial score (nSPS) is 11.1. The average molecular weight is 210 g/mol. The zero-order valence-corrected chi connectivity index (χ0v) is 7.64. The van der Waals surface area contributed by atoms with Crippen molar-refractivity contribution < 1.29 is 15.0 Å². The van der Waals surface area contributed by atoms with Gasteiger partial charge in [-0.2, -0.15) is 0 Å². The molecule has 80 valence electrons. The topological polar surface area (TPSA) is 134 Å². The van der Waals surface area contributed by atoms with Crippen molar-refractivity contribution in [3.8, 4) is 11.5 Å². The van der Waals surface area contributed by atoms with Crippen molar-refractivity contribution in [2.24, 2.45) is 16.5 Å². The second-order valence-electron chi connectivity index (χ2n) is 2.66. The number of nitrogens with two attached hydrogens (primary N) is 2. The van der Waals surface area contributed by atoms with E-state index in [2.05, 4.69) is 4.99 Å². The van der Waals surface area contributed by atoms with Crippen molar-refractivity contribution in [3.63, 3.8) is 0 Å². The SMILES string of the molecule is NC(=O)NC(N)=Nc1ccc(O)c(O)c1. The van der Waals surface area contributed by atoms with Crippen LogP contribution in [0.1, 0.15) is 0 Å². The number of phenols is 2. The molecule has 1 aromatic rings. The fourth-order valence-electron chi connectivity index (χ4n) is 0.875. The number of carbonyl (C=O) groups is 1. The van der Waals surface area contributed by atoms with Gasteiger partial charge in [0.25, 0.3) is 0 Å². The Bertz CT molecular complexity index is 416. The van der Waals surface area contributed by atoms with Crippen LogP contribution in [0.15, 0.2) is 23.2 Å². The van der Waals surface area contributed by atoms with E-state index in [0.29, 0.717) is 0 Å². The van der Waals surface area contributed by atoms with Gasteiger partial charge in [-0.15, -0.1) is 0 Å². The van der Waals surface area contributed by atoms with Crippen molar-refractivity contribution in [2.45, 2.75) is 0 Å². The zero-order valence-electron chi connectivity index (χ0n) is 7.64. The summed E-state index contributed by atoms with van der Waals surface area (Å²) in [6.45, 7) is 0. The third-order valence-corrected chi connectivity index (χ3v) is 1.46. The first-order valence-corrected chi connectivity index (χ1v) is 3.91. The van der Waals surface area contributed by atoms with E-state index >= 15 is 0 Å². The van der Waals surface area contributed by atoms with Gasteiger partial charge in [0.2, 0.25) is 5.96 Å². The minimum absolute atomic E-state index is 0.201. The molecule has 0 unspecified atom stereocenters. The van der Waals surface area contributed by atoms with Crippen LogP contribution in [0, 0.1) is 0 Å². The molecular formula is C8H10N4O3. The number of guanidine groups is 1. The standard InChI is InChI=1S/C8H10N4O3/c9-7(12-8(10)15)11-4-1-2-5(13)6(14)3-4/h1-3,13-14H,(H5,9,10,11,12,15). The van der Waals surface area contributed by atoms with E-state index in [1.54, 1.807) is 0 Å². The quantitative estimate of drug-likeness (QED) is 0.247. The molecule has 1 aromatic carbocycles. The summed E-state index contributed by atoms with van der Waals surface area (Å²) in [5.41, 5.74) is 10.4. The van der Waals surface area contributed by atoms with Crippen LogP contribution < -0.4 is 16.8 Å². The van der Waals surface area contributed by atoms with Crippen molar-refractivity contribution in [1.82, 2.24) is 5.32 Å². The highest BCUT2D eigenvalue weighted by Crippen LogP contribution is 2.28. The third-order valence-electron chi connectivity index (χ3n) is 1.46. The molecule has 0 aliphatic rings. The lowest BCUT2D eigenvalue weighted by Gasteiger charge is -2.01. The van der Waals surface area contributed by atoms with Crippen LogP contribution in [0.5, 0.6) is 11.5 Å². The molecular weight excluding hydrogens is 200 g/mol. The van der Waals surface area contributed by atoms with E-state index < -0.39 is 6.03 Å². The Morgan fingerprint density at radius 3 is 2.47 bits per heavy atom. The smallest absolute Gasteiger partial charge is 0.318 e. The first-order chi connectivity index (χ1) is 6.99. The fourth-order valence-corrected chi connectivity index (χ4v) is 0.875. The van der Waals surface area contributed by atoms with Crippen LogP contribution in [0.3, 0.4) is 0 Å². The molecule has 7 nitrogen and oxygen atoms in total. The van der Waals surface area contributed by atoms with Crippen LogP contribution in [-0.2, 0) is 0 Å². The number of amides is 2. The Balaban J connectivity index is 2.88. The Morgan fingerprint density at radius 2 is 1.93 bits per heavy atom. The number of aliphatic imine (C=N–C) groups is 1. The Kier molecular flexibility index (Phi) is 2.97. The number of benzene rings is 1. The predicted molar refractivity (Wildman–Crippen MR) is 53.8 cm³/mol. The van der Waals surface area contributed by atoms with Gasteiger partial charge >= 0.3 is 6.03 Å². The molecule has 2 amide bonds. The van der Waals surface area contributed by atoms with E-state index in [9.17, 15) is 4.79 Å². The van der Waals surface area contributed by atoms with Crippen LogP contribution in [-0.4, -0.2) is 22.2 Å². The number of nitrogens with one attached hydrogen (secondary N) is 1. The Labute approximate surface area is 85.0 Å². The Hall–Kier alpha value is -2.44. The van der Waals surface area contributed by atoms with Crippen molar-refractivity contribution >= 4 is 17.7 Å². The van der Waals surface area contributed by atoms with Crippen LogP contribution in [0.2, 0.25) is 0 Å². The number of hydrogen-bond donors (Lipinski definition) is 5. The number of carbonyl (C=O) groups excluding carboxylic acids is 1. The van der Waals surface area contributed by atoms with Crippen molar-refractivity contribution in [1.29, 1.82) is 0 Å². The number of primary amides is 1. The maximum atomic E-state index is 10.4. The molecule has 0 aliphatic carbocycles. The van der Waals surface area contributed by atoms with Gasteiger partial charge in [-0.3, -0.25) is 5.32 Å². The number of nitrogens with zero attached hydrogens (tertiary/aromatic N) is 1. The largest absolute Gasteiger partial charge is 0.504 e. The number of aromatic hydroxyl groups is 2. The Morgan fingerprint density at radius 1 is 1.27 bits per heavy atom. The van der Waals surface area contributed by atoms with Gasteiger partial charge in [0.15, 0.2) is 11.5 Å². The van der Waals surface area contributed by atoms with E-state index in [1.807, 2.05) is 5.32 Å². The molecule has 0 saturated carbocycles. The van der Waals surface area contributed by atoms with Gasteiger partial charge in [0.1, 0.15) is 0 Å². The molecule has 7 N–H and O–H groups in total. The van der Waals surface area contributed by atoms with Gasteiger partial charge < -0.3 is 21.7 Å². The number of urea groups is 1. The third kappa shape index (κ3) is 3.07. The maximum Gasteiger partial charge on any atom is 0.318 e. The molecule has 0 spiro atoms. The summed E-state index contributed by atoms with van der Waals surface area (Å²) in [7, 11) is 0. The van der Waals surface area contributed by atoms with E-state index in [1.165, 1.54) is 18.2 Å². The summed E-state index contributed by atoms with van der Waals surface area (Å²) < 4.78 is 0. The van der Waals surface area contributed by atoms with Crippen molar-refractivity contribution in [2.75, 3.05) is 0 Å². The van der Waals surface area contributed by atoms with Gasteiger partial charge in [0.05, 0.1) is 5.69 Å². The molecule has 0 radical (unpaired) electrons. The summed E-state index contributed by atoms with van der Waals surface area (Å²) in [6, 6.07) is 3.00. The number of rotatable bonds is 1. The lowest BCUT2D eigenvalue weighted by molar-refractivity contribution is 0.253.